The highest BCUT2D eigenvalue weighted by Gasteiger charge is 2.48. The summed E-state index contributed by atoms with van der Waals surface area (Å²) < 4.78 is 0. The van der Waals surface area contributed by atoms with Crippen LogP contribution in [0.2, 0.25) is 0 Å². The van der Waals surface area contributed by atoms with Crippen molar-refractivity contribution in [1.29, 1.82) is 0 Å². The smallest absolute Gasteiger partial charge is 0.191 e. The number of aryl methyl sites for hydroxylation is 2. The highest BCUT2D eigenvalue weighted by Crippen LogP contribution is 2.56. The van der Waals surface area contributed by atoms with Crippen molar-refractivity contribution >= 4 is 17.3 Å². The Hall–Kier alpha value is -1.10. The Kier molecular flexibility index (Phi) is 4.71. The lowest BCUT2D eigenvalue weighted by Crippen LogP contribution is -2.47. The number of aliphatic imine (C=N–C) groups is 1. The van der Waals surface area contributed by atoms with Gasteiger partial charge >= 0.3 is 0 Å². The molecule has 0 radical (unpaired) electrons. The topological polar surface area (TPSA) is 49.3 Å². The molecule has 5 heteroatoms. The maximum Gasteiger partial charge on any atom is 0.191 e. The van der Waals surface area contributed by atoms with Crippen molar-refractivity contribution in [1.82, 2.24) is 15.6 Å². The molecule has 1 aromatic rings. The first kappa shape index (κ1) is 15.8. The van der Waals surface area contributed by atoms with Crippen molar-refractivity contribution < 1.29 is 0 Å². The first-order valence-electron chi connectivity index (χ1n) is 8.50. The number of rotatable bonds is 6. The molecule has 2 aliphatic carbocycles. The van der Waals surface area contributed by atoms with Crippen LogP contribution in [-0.4, -0.2) is 31.1 Å². The van der Waals surface area contributed by atoms with Gasteiger partial charge in [0.1, 0.15) is 0 Å². The molecular formula is C17H28N4S. The third-order valence-corrected chi connectivity index (χ3v) is 6.46. The molecule has 0 amide bonds. The second-order valence-corrected chi connectivity index (χ2v) is 8.13. The van der Waals surface area contributed by atoms with Gasteiger partial charge in [-0.25, -0.2) is 4.98 Å². The summed E-state index contributed by atoms with van der Waals surface area (Å²) >= 11 is 1.80. The Morgan fingerprint density at radius 1 is 1.32 bits per heavy atom. The molecule has 2 fully saturated rings. The van der Waals surface area contributed by atoms with Crippen molar-refractivity contribution in [2.45, 2.75) is 52.4 Å². The summed E-state index contributed by atoms with van der Waals surface area (Å²) in [6.07, 6.45) is 8.06. The molecule has 2 N–H and O–H groups in total. The van der Waals surface area contributed by atoms with E-state index in [2.05, 4.69) is 34.5 Å². The Balaban J connectivity index is 1.42. The highest BCUT2D eigenvalue weighted by molar-refractivity contribution is 7.11. The minimum absolute atomic E-state index is 0.584. The summed E-state index contributed by atoms with van der Waals surface area (Å²) in [5.74, 6) is 1.92. The van der Waals surface area contributed by atoms with E-state index in [0.29, 0.717) is 5.41 Å². The summed E-state index contributed by atoms with van der Waals surface area (Å²) in [6, 6.07) is 0. The summed E-state index contributed by atoms with van der Waals surface area (Å²) in [5, 5.41) is 8.20. The molecule has 0 aliphatic heterocycles. The van der Waals surface area contributed by atoms with Crippen LogP contribution < -0.4 is 10.6 Å². The van der Waals surface area contributed by atoms with Gasteiger partial charge in [-0.2, -0.15) is 0 Å². The van der Waals surface area contributed by atoms with E-state index in [4.69, 9.17) is 0 Å². The van der Waals surface area contributed by atoms with Crippen LogP contribution in [0.15, 0.2) is 4.99 Å². The molecule has 0 saturated heterocycles. The first-order chi connectivity index (χ1) is 10.6. The number of hydrogen-bond donors (Lipinski definition) is 2. The highest BCUT2D eigenvalue weighted by atomic mass is 32.1. The van der Waals surface area contributed by atoms with Gasteiger partial charge in [0.2, 0.25) is 0 Å². The van der Waals surface area contributed by atoms with Gasteiger partial charge in [0.15, 0.2) is 5.96 Å². The van der Waals surface area contributed by atoms with Gasteiger partial charge in [0, 0.05) is 31.4 Å². The molecule has 0 aromatic carbocycles. The van der Waals surface area contributed by atoms with Gasteiger partial charge in [0.25, 0.3) is 0 Å². The van der Waals surface area contributed by atoms with E-state index in [1.54, 1.807) is 11.3 Å². The van der Waals surface area contributed by atoms with Gasteiger partial charge in [-0.15, -0.1) is 11.3 Å². The Morgan fingerprint density at radius 2 is 2.09 bits per heavy atom. The van der Waals surface area contributed by atoms with Gasteiger partial charge in [-0.05, 0) is 50.9 Å². The lowest BCUT2D eigenvalue weighted by atomic mass is 9.65. The minimum atomic E-state index is 0.584. The molecule has 4 nitrogen and oxygen atoms in total. The Labute approximate surface area is 137 Å². The molecule has 0 atom stereocenters. The van der Waals surface area contributed by atoms with E-state index in [1.807, 2.05) is 7.05 Å². The van der Waals surface area contributed by atoms with Crippen molar-refractivity contribution in [2.24, 2.45) is 16.3 Å². The van der Waals surface area contributed by atoms with E-state index in [9.17, 15) is 0 Å². The van der Waals surface area contributed by atoms with Gasteiger partial charge < -0.3 is 10.6 Å². The Morgan fingerprint density at radius 3 is 2.59 bits per heavy atom. The average Bonchev–Trinajstić information content (AvgIpc) is 3.24. The van der Waals surface area contributed by atoms with Crippen molar-refractivity contribution in [2.75, 3.05) is 20.1 Å². The fourth-order valence-corrected chi connectivity index (χ4v) is 4.40. The van der Waals surface area contributed by atoms with Crippen LogP contribution in [0.4, 0.5) is 0 Å². The Bertz CT molecular complexity index is 521. The standard InChI is InChI=1S/C17H28N4S/c1-12-13(2)22-15(21-12)7-10-19-16(18-3)20-11-17(8-4-9-17)14-5-6-14/h14H,4-11H2,1-3H3,(H2,18,19,20). The van der Waals surface area contributed by atoms with Gasteiger partial charge in [-0.1, -0.05) is 6.42 Å². The molecule has 22 heavy (non-hydrogen) atoms. The van der Waals surface area contributed by atoms with Gasteiger partial charge in [-0.3, -0.25) is 4.99 Å². The van der Waals surface area contributed by atoms with Crippen molar-refractivity contribution in [3.8, 4) is 0 Å². The lowest BCUT2D eigenvalue weighted by Gasteiger charge is -2.43. The van der Waals surface area contributed by atoms with E-state index in [1.165, 1.54) is 47.7 Å². The van der Waals surface area contributed by atoms with Gasteiger partial charge in [0.05, 0.1) is 10.7 Å². The van der Waals surface area contributed by atoms with Crippen LogP contribution in [0.1, 0.15) is 47.7 Å². The number of nitrogens with zero attached hydrogens (tertiary/aromatic N) is 2. The zero-order chi connectivity index (χ0) is 15.6. The minimum Gasteiger partial charge on any atom is -0.356 e. The predicted octanol–water partition coefficient (Wildman–Crippen LogP) is 3.05. The maximum absolute atomic E-state index is 4.59. The first-order valence-corrected chi connectivity index (χ1v) is 9.32. The number of aromatic nitrogens is 1. The normalized spacial score (nSPS) is 20.6. The fourth-order valence-electron chi connectivity index (χ4n) is 3.47. The summed E-state index contributed by atoms with van der Waals surface area (Å²) in [7, 11) is 1.86. The zero-order valence-electron chi connectivity index (χ0n) is 14.0. The summed E-state index contributed by atoms with van der Waals surface area (Å²) in [4.78, 5) is 10.3. The summed E-state index contributed by atoms with van der Waals surface area (Å²) in [5.41, 5.74) is 1.75. The second-order valence-electron chi connectivity index (χ2n) is 6.84. The molecule has 3 rings (SSSR count). The van der Waals surface area contributed by atoms with Crippen LogP contribution in [-0.2, 0) is 6.42 Å². The number of guanidine groups is 1. The van der Waals surface area contributed by atoms with Crippen LogP contribution in [0.25, 0.3) is 0 Å². The SMILES string of the molecule is CN=C(NCCc1nc(C)c(C)s1)NCC1(C2CC2)CCC1. The van der Waals surface area contributed by atoms with Crippen LogP contribution in [0, 0.1) is 25.2 Å². The van der Waals surface area contributed by atoms with Crippen molar-refractivity contribution in [3.63, 3.8) is 0 Å². The molecule has 0 bridgehead atoms. The molecule has 2 aliphatic rings. The predicted molar refractivity (Wildman–Crippen MR) is 93.7 cm³/mol. The number of hydrogen-bond acceptors (Lipinski definition) is 3. The monoisotopic (exact) mass is 320 g/mol. The summed E-state index contributed by atoms with van der Waals surface area (Å²) in [6.45, 7) is 6.20. The van der Waals surface area contributed by atoms with Crippen LogP contribution in [0.3, 0.4) is 0 Å². The van der Waals surface area contributed by atoms with E-state index in [-0.39, 0.29) is 0 Å². The molecule has 122 valence electrons. The molecule has 1 heterocycles. The third-order valence-electron chi connectivity index (χ3n) is 5.33. The second kappa shape index (κ2) is 6.57. The third kappa shape index (κ3) is 3.45. The average molecular weight is 321 g/mol. The lowest BCUT2D eigenvalue weighted by molar-refractivity contribution is 0.106. The molecular weight excluding hydrogens is 292 g/mol. The molecule has 1 aromatic heterocycles. The zero-order valence-corrected chi connectivity index (χ0v) is 14.9. The van der Waals surface area contributed by atoms with E-state index >= 15 is 0 Å². The fraction of sp³-hybridized carbons (Fsp3) is 0.765. The molecule has 0 spiro atoms. The maximum atomic E-state index is 4.59. The quantitative estimate of drug-likeness (QED) is 0.626. The van der Waals surface area contributed by atoms with Crippen LogP contribution >= 0.6 is 11.3 Å². The largest absolute Gasteiger partial charge is 0.356 e. The van der Waals surface area contributed by atoms with E-state index < -0.39 is 0 Å². The molecule has 2 saturated carbocycles. The number of thiazole rings is 1. The number of nitrogens with one attached hydrogen (secondary N) is 2. The molecule has 0 unspecified atom stereocenters. The van der Waals surface area contributed by atoms with Crippen LogP contribution in [0.5, 0.6) is 0 Å². The van der Waals surface area contributed by atoms with Crippen molar-refractivity contribution in [3.05, 3.63) is 15.6 Å². The van der Waals surface area contributed by atoms with E-state index in [0.717, 1.165) is 31.4 Å².